The quantitative estimate of drug-likeness (QED) is 0.705. The van der Waals surface area contributed by atoms with Gasteiger partial charge in [0.2, 0.25) is 5.28 Å². The van der Waals surface area contributed by atoms with Gasteiger partial charge < -0.3 is 9.30 Å². The fourth-order valence-electron chi connectivity index (χ4n) is 1.79. The maximum absolute atomic E-state index is 6.03. The van der Waals surface area contributed by atoms with E-state index in [1.54, 1.807) is 0 Å². The molecule has 0 atom stereocenters. The first kappa shape index (κ1) is 12.8. The SMILES string of the molecule is CC(C)COCCCn1c(Cl)nnc1C1CC1. The number of hydrogen-bond acceptors (Lipinski definition) is 3. The Morgan fingerprint density at radius 1 is 1.41 bits per heavy atom. The number of ether oxygens (including phenoxy) is 1. The Bertz CT molecular complexity index is 361. The molecule has 1 fully saturated rings. The molecule has 4 nitrogen and oxygen atoms in total. The fraction of sp³-hybridized carbons (Fsp3) is 0.833. The van der Waals surface area contributed by atoms with Gasteiger partial charge in [-0.05, 0) is 36.8 Å². The third kappa shape index (κ3) is 3.68. The molecule has 0 saturated heterocycles. The van der Waals surface area contributed by atoms with Gasteiger partial charge in [0.1, 0.15) is 5.82 Å². The molecule has 17 heavy (non-hydrogen) atoms. The molecule has 0 bridgehead atoms. The van der Waals surface area contributed by atoms with Gasteiger partial charge in [0.15, 0.2) is 0 Å². The third-order valence-electron chi connectivity index (χ3n) is 2.80. The Hall–Kier alpha value is -0.610. The number of hydrogen-bond donors (Lipinski definition) is 0. The van der Waals surface area contributed by atoms with Crippen LogP contribution in [-0.4, -0.2) is 28.0 Å². The first-order valence-corrected chi connectivity index (χ1v) is 6.72. The highest BCUT2D eigenvalue weighted by Crippen LogP contribution is 2.39. The lowest BCUT2D eigenvalue weighted by atomic mass is 10.2. The molecule has 5 heteroatoms. The van der Waals surface area contributed by atoms with Crippen LogP contribution in [-0.2, 0) is 11.3 Å². The summed E-state index contributed by atoms with van der Waals surface area (Å²) in [7, 11) is 0. The van der Waals surface area contributed by atoms with Crippen LogP contribution in [0, 0.1) is 5.92 Å². The molecule has 1 saturated carbocycles. The molecule has 0 radical (unpaired) electrons. The molecule has 0 aromatic carbocycles. The molecule has 1 heterocycles. The van der Waals surface area contributed by atoms with Crippen LogP contribution in [0.2, 0.25) is 5.28 Å². The van der Waals surface area contributed by atoms with Gasteiger partial charge in [0.05, 0.1) is 0 Å². The molecule has 1 aromatic heterocycles. The maximum Gasteiger partial charge on any atom is 0.225 e. The molecule has 0 unspecified atom stereocenters. The fourth-order valence-corrected chi connectivity index (χ4v) is 2.00. The highest BCUT2D eigenvalue weighted by Gasteiger charge is 2.29. The van der Waals surface area contributed by atoms with Gasteiger partial charge in [-0.3, -0.25) is 0 Å². The van der Waals surface area contributed by atoms with Crippen molar-refractivity contribution in [2.75, 3.05) is 13.2 Å². The highest BCUT2D eigenvalue weighted by molar-refractivity contribution is 6.28. The zero-order chi connectivity index (χ0) is 12.3. The minimum absolute atomic E-state index is 0.510. The minimum Gasteiger partial charge on any atom is -0.381 e. The van der Waals surface area contributed by atoms with Crippen LogP contribution < -0.4 is 0 Å². The predicted octanol–water partition coefficient (Wildman–Crippen LogP) is 2.87. The van der Waals surface area contributed by atoms with Crippen molar-refractivity contribution in [3.63, 3.8) is 0 Å². The van der Waals surface area contributed by atoms with E-state index in [1.807, 2.05) is 4.57 Å². The Balaban J connectivity index is 1.76. The van der Waals surface area contributed by atoms with Crippen LogP contribution >= 0.6 is 11.6 Å². The van der Waals surface area contributed by atoms with Crippen molar-refractivity contribution >= 4 is 11.6 Å². The van der Waals surface area contributed by atoms with E-state index >= 15 is 0 Å². The van der Waals surface area contributed by atoms with Crippen molar-refractivity contribution in [1.82, 2.24) is 14.8 Å². The van der Waals surface area contributed by atoms with Crippen molar-refractivity contribution in [2.24, 2.45) is 5.92 Å². The zero-order valence-corrected chi connectivity index (χ0v) is 11.3. The summed E-state index contributed by atoms with van der Waals surface area (Å²) in [6, 6.07) is 0. The van der Waals surface area contributed by atoms with Crippen molar-refractivity contribution in [2.45, 2.75) is 45.6 Å². The molecular weight excluding hydrogens is 238 g/mol. The lowest BCUT2D eigenvalue weighted by molar-refractivity contribution is 0.105. The van der Waals surface area contributed by atoms with Crippen LogP contribution in [0.25, 0.3) is 0 Å². The first-order chi connectivity index (χ1) is 8.18. The Kier molecular flexibility index (Phi) is 4.40. The van der Waals surface area contributed by atoms with E-state index in [0.717, 1.165) is 32.0 Å². The van der Waals surface area contributed by atoms with Gasteiger partial charge in [-0.25, -0.2) is 0 Å². The van der Waals surface area contributed by atoms with Gasteiger partial charge in [-0.1, -0.05) is 13.8 Å². The minimum atomic E-state index is 0.510. The second-order valence-corrected chi connectivity index (χ2v) is 5.41. The normalized spacial score (nSPS) is 15.8. The van der Waals surface area contributed by atoms with Crippen LogP contribution in [0.1, 0.15) is 44.9 Å². The molecule has 96 valence electrons. The summed E-state index contributed by atoms with van der Waals surface area (Å²) in [5.41, 5.74) is 0. The molecule has 1 aliphatic rings. The first-order valence-electron chi connectivity index (χ1n) is 6.35. The largest absolute Gasteiger partial charge is 0.381 e. The summed E-state index contributed by atoms with van der Waals surface area (Å²) < 4.78 is 7.58. The van der Waals surface area contributed by atoms with Crippen molar-refractivity contribution in [3.05, 3.63) is 11.1 Å². The summed E-state index contributed by atoms with van der Waals surface area (Å²) >= 11 is 6.03. The van der Waals surface area contributed by atoms with Gasteiger partial charge in [0, 0.05) is 25.7 Å². The Morgan fingerprint density at radius 2 is 2.18 bits per heavy atom. The van der Waals surface area contributed by atoms with Crippen LogP contribution in [0.5, 0.6) is 0 Å². The highest BCUT2D eigenvalue weighted by atomic mass is 35.5. The molecule has 1 aliphatic carbocycles. The molecule has 0 amide bonds. The average molecular weight is 258 g/mol. The number of aromatic nitrogens is 3. The zero-order valence-electron chi connectivity index (χ0n) is 10.5. The second-order valence-electron chi connectivity index (χ2n) is 5.08. The van der Waals surface area contributed by atoms with E-state index in [1.165, 1.54) is 12.8 Å². The molecule has 0 spiro atoms. The molecule has 2 rings (SSSR count). The van der Waals surface area contributed by atoms with E-state index in [-0.39, 0.29) is 0 Å². The van der Waals surface area contributed by atoms with Gasteiger partial charge in [0.25, 0.3) is 0 Å². The van der Waals surface area contributed by atoms with E-state index in [0.29, 0.717) is 17.1 Å². The number of halogens is 1. The Labute approximate surface area is 107 Å². The number of nitrogens with zero attached hydrogens (tertiary/aromatic N) is 3. The van der Waals surface area contributed by atoms with Crippen LogP contribution in [0.3, 0.4) is 0 Å². The van der Waals surface area contributed by atoms with Gasteiger partial charge in [-0.15, -0.1) is 10.2 Å². The van der Waals surface area contributed by atoms with E-state index in [2.05, 4.69) is 24.0 Å². The van der Waals surface area contributed by atoms with Crippen molar-refractivity contribution in [1.29, 1.82) is 0 Å². The molecular formula is C12H20ClN3O. The maximum atomic E-state index is 6.03. The average Bonchev–Trinajstić information content (AvgIpc) is 3.04. The van der Waals surface area contributed by atoms with Crippen molar-refractivity contribution < 1.29 is 4.74 Å². The third-order valence-corrected chi connectivity index (χ3v) is 3.08. The standard InChI is InChI=1S/C12H20ClN3O/c1-9(2)8-17-7-3-6-16-11(10-4-5-10)14-15-12(16)13/h9-10H,3-8H2,1-2H3. The van der Waals surface area contributed by atoms with Crippen LogP contribution in [0.4, 0.5) is 0 Å². The topological polar surface area (TPSA) is 39.9 Å². The molecule has 0 aliphatic heterocycles. The second kappa shape index (κ2) is 5.83. The predicted molar refractivity (Wildman–Crippen MR) is 67.3 cm³/mol. The molecule has 0 N–H and O–H groups in total. The van der Waals surface area contributed by atoms with E-state index in [4.69, 9.17) is 16.3 Å². The van der Waals surface area contributed by atoms with Crippen LogP contribution in [0.15, 0.2) is 0 Å². The van der Waals surface area contributed by atoms with E-state index in [9.17, 15) is 0 Å². The summed E-state index contributed by atoms with van der Waals surface area (Å²) in [4.78, 5) is 0. The summed E-state index contributed by atoms with van der Waals surface area (Å²) in [6.07, 6.45) is 3.40. The van der Waals surface area contributed by atoms with Gasteiger partial charge in [-0.2, -0.15) is 0 Å². The van der Waals surface area contributed by atoms with Gasteiger partial charge >= 0.3 is 0 Å². The monoisotopic (exact) mass is 257 g/mol. The lowest BCUT2D eigenvalue weighted by Crippen LogP contribution is -2.08. The summed E-state index contributed by atoms with van der Waals surface area (Å²) in [5, 5.41) is 8.60. The summed E-state index contributed by atoms with van der Waals surface area (Å²) in [6.45, 7) is 6.77. The summed E-state index contributed by atoms with van der Waals surface area (Å²) in [5.74, 6) is 2.24. The Morgan fingerprint density at radius 3 is 2.82 bits per heavy atom. The van der Waals surface area contributed by atoms with E-state index < -0.39 is 0 Å². The molecule has 1 aromatic rings. The lowest BCUT2D eigenvalue weighted by Gasteiger charge is -2.09. The number of rotatable bonds is 7. The smallest absolute Gasteiger partial charge is 0.225 e. The van der Waals surface area contributed by atoms with Crippen molar-refractivity contribution in [3.8, 4) is 0 Å².